The van der Waals surface area contributed by atoms with Crippen LogP contribution in [0.25, 0.3) is 0 Å². The van der Waals surface area contributed by atoms with Crippen LogP contribution >= 0.6 is 0 Å². The van der Waals surface area contributed by atoms with E-state index in [1.807, 2.05) is 29.2 Å². The van der Waals surface area contributed by atoms with Crippen molar-refractivity contribution in [2.75, 3.05) is 32.8 Å². The molecule has 0 radical (unpaired) electrons. The van der Waals surface area contributed by atoms with Crippen LogP contribution in [-0.2, 0) is 4.79 Å². The summed E-state index contributed by atoms with van der Waals surface area (Å²) in [6.45, 7) is 4.02. The Morgan fingerprint density at radius 2 is 1.55 bits per heavy atom. The van der Waals surface area contributed by atoms with E-state index < -0.39 is 0 Å². The van der Waals surface area contributed by atoms with Gasteiger partial charge in [0, 0.05) is 44.1 Å². The van der Waals surface area contributed by atoms with E-state index in [4.69, 9.17) is 4.74 Å². The first kappa shape index (κ1) is 22.2. The standard InChI is InChI=1S/C26H38N2O3/c29-25(17-21-9-3-1-4-10-21)28-16-8-11-22(19-28)20-31-24-13-7-12-23(18-24)26(30)27-14-5-2-6-15-27/h7,12-13,18,21-22H,1-6,8-11,14-17,19-20H2/t22-/m1/s1. The Bertz CT molecular complexity index is 738. The van der Waals surface area contributed by atoms with Crippen molar-refractivity contribution in [3.05, 3.63) is 29.8 Å². The van der Waals surface area contributed by atoms with Crippen LogP contribution in [0.2, 0.25) is 0 Å². The fraction of sp³-hybridized carbons (Fsp3) is 0.692. The van der Waals surface area contributed by atoms with Gasteiger partial charge in [0.15, 0.2) is 0 Å². The van der Waals surface area contributed by atoms with E-state index in [1.54, 1.807) is 0 Å². The van der Waals surface area contributed by atoms with Crippen LogP contribution in [0.3, 0.4) is 0 Å². The second-order valence-corrected chi connectivity index (χ2v) is 9.75. The molecule has 1 saturated carbocycles. The third kappa shape index (κ3) is 6.24. The highest BCUT2D eigenvalue weighted by molar-refractivity contribution is 5.94. The lowest BCUT2D eigenvalue weighted by molar-refractivity contribution is -0.134. The Hall–Kier alpha value is -2.04. The number of piperidine rings is 2. The summed E-state index contributed by atoms with van der Waals surface area (Å²) in [6, 6.07) is 7.61. The predicted molar refractivity (Wildman–Crippen MR) is 122 cm³/mol. The topological polar surface area (TPSA) is 49.9 Å². The van der Waals surface area contributed by atoms with Gasteiger partial charge in [-0.25, -0.2) is 0 Å². The van der Waals surface area contributed by atoms with Gasteiger partial charge in [-0.3, -0.25) is 9.59 Å². The van der Waals surface area contributed by atoms with E-state index in [1.165, 1.54) is 38.5 Å². The minimum atomic E-state index is 0.113. The summed E-state index contributed by atoms with van der Waals surface area (Å²) < 4.78 is 6.09. The van der Waals surface area contributed by atoms with Crippen molar-refractivity contribution >= 4 is 11.8 Å². The molecule has 5 heteroatoms. The molecule has 0 bridgehead atoms. The minimum absolute atomic E-state index is 0.113. The molecule has 2 saturated heterocycles. The Morgan fingerprint density at radius 3 is 2.35 bits per heavy atom. The number of carbonyl (C=O) groups is 2. The lowest BCUT2D eigenvalue weighted by Crippen LogP contribution is -2.42. The molecule has 1 aromatic rings. The molecule has 1 atom stereocenters. The number of carbonyl (C=O) groups excluding carboxylic acids is 2. The van der Waals surface area contributed by atoms with E-state index >= 15 is 0 Å². The molecule has 5 nitrogen and oxygen atoms in total. The van der Waals surface area contributed by atoms with E-state index in [-0.39, 0.29) is 5.91 Å². The molecule has 2 heterocycles. The lowest BCUT2D eigenvalue weighted by Gasteiger charge is -2.34. The van der Waals surface area contributed by atoms with Crippen LogP contribution in [0, 0.1) is 11.8 Å². The average Bonchev–Trinajstić information content (AvgIpc) is 2.84. The van der Waals surface area contributed by atoms with Gasteiger partial charge in [0.2, 0.25) is 5.91 Å². The van der Waals surface area contributed by atoms with Gasteiger partial charge in [-0.1, -0.05) is 25.3 Å². The zero-order valence-corrected chi connectivity index (χ0v) is 18.9. The second kappa shape index (κ2) is 11.0. The number of nitrogens with zero attached hydrogens (tertiary/aromatic N) is 2. The van der Waals surface area contributed by atoms with E-state index in [9.17, 15) is 9.59 Å². The number of likely N-dealkylation sites (tertiary alicyclic amines) is 2. The van der Waals surface area contributed by atoms with Gasteiger partial charge in [0.1, 0.15) is 5.75 Å². The maximum absolute atomic E-state index is 12.8. The van der Waals surface area contributed by atoms with Crippen molar-refractivity contribution in [1.29, 1.82) is 0 Å². The first-order chi connectivity index (χ1) is 15.2. The Morgan fingerprint density at radius 1 is 0.839 bits per heavy atom. The highest BCUT2D eigenvalue weighted by atomic mass is 16.5. The number of amides is 2. The fourth-order valence-corrected chi connectivity index (χ4v) is 5.41. The monoisotopic (exact) mass is 426 g/mol. The average molecular weight is 427 g/mol. The number of hydrogen-bond donors (Lipinski definition) is 0. The Labute approximate surface area is 187 Å². The summed E-state index contributed by atoms with van der Waals surface area (Å²) in [7, 11) is 0. The molecule has 2 aliphatic heterocycles. The highest BCUT2D eigenvalue weighted by Crippen LogP contribution is 2.28. The quantitative estimate of drug-likeness (QED) is 0.650. The SMILES string of the molecule is O=C(CC1CCCCC1)N1CCC[C@@H](COc2cccc(C(=O)N3CCCCC3)c2)C1. The third-order valence-corrected chi connectivity index (χ3v) is 7.27. The molecule has 1 aromatic carbocycles. The molecular weight excluding hydrogens is 388 g/mol. The lowest BCUT2D eigenvalue weighted by atomic mass is 9.86. The summed E-state index contributed by atoms with van der Waals surface area (Å²) in [4.78, 5) is 29.6. The maximum Gasteiger partial charge on any atom is 0.253 e. The van der Waals surface area contributed by atoms with Gasteiger partial charge in [-0.2, -0.15) is 0 Å². The first-order valence-corrected chi connectivity index (χ1v) is 12.5. The van der Waals surface area contributed by atoms with Crippen LogP contribution in [0.1, 0.15) is 81.0 Å². The van der Waals surface area contributed by atoms with Crippen molar-refractivity contribution in [3.8, 4) is 5.75 Å². The summed E-state index contributed by atoms with van der Waals surface area (Å²) in [5.41, 5.74) is 0.715. The van der Waals surface area contributed by atoms with Crippen molar-refractivity contribution in [2.45, 2.75) is 70.6 Å². The molecule has 31 heavy (non-hydrogen) atoms. The normalized spacial score (nSPS) is 22.9. The summed E-state index contributed by atoms with van der Waals surface area (Å²) in [5.74, 6) is 2.17. The maximum atomic E-state index is 12.8. The Balaban J connectivity index is 1.26. The molecule has 0 spiro atoms. The molecule has 170 valence electrons. The number of ether oxygens (including phenoxy) is 1. The smallest absolute Gasteiger partial charge is 0.253 e. The van der Waals surface area contributed by atoms with Crippen LogP contribution in [0.15, 0.2) is 24.3 Å². The van der Waals surface area contributed by atoms with Crippen molar-refractivity contribution in [1.82, 2.24) is 9.80 Å². The van der Waals surface area contributed by atoms with Crippen LogP contribution in [0.5, 0.6) is 5.75 Å². The van der Waals surface area contributed by atoms with Crippen LogP contribution in [0.4, 0.5) is 0 Å². The number of benzene rings is 1. The molecule has 4 rings (SSSR count). The molecule has 0 aromatic heterocycles. The third-order valence-electron chi connectivity index (χ3n) is 7.27. The van der Waals surface area contributed by atoms with Crippen molar-refractivity contribution in [2.24, 2.45) is 11.8 Å². The van der Waals surface area contributed by atoms with Crippen molar-refractivity contribution in [3.63, 3.8) is 0 Å². The van der Waals surface area contributed by atoms with E-state index in [0.717, 1.165) is 64.0 Å². The molecule has 1 aliphatic carbocycles. The van der Waals surface area contributed by atoms with Gasteiger partial charge in [-0.15, -0.1) is 0 Å². The van der Waals surface area contributed by atoms with Crippen LogP contribution in [-0.4, -0.2) is 54.4 Å². The second-order valence-electron chi connectivity index (χ2n) is 9.75. The predicted octanol–water partition coefficient (Wildman–Crippen LogP) is 4.90. The highest BCUT2D eigenvalue weighted by Gasteiger charge is 2.26. The fourth-order valence-electron chi connectivity index (χ4n) is 5.41. The van der Waals surface area contributed by atoms with Crippen molar-refractivity contribution < 1.29 is 14.3 Å². The van der Waals surface area contributed by atoms with Gasteiger partial charge in [0.25, 0.3) is 5.91 Å². The Kier molecular flexibility index (Phi) is 7.87. The number of hydrogen-bond acceptors (Lipinski definition) is 3. The number of rotatable bonds is 6. The molecule has 3 aliphatic rings. The largest absolute Gasteiger partial charge is 0.493 e. The summed E-state index contributed by atoms with van der Waals surface area (Å²) >= 11 is 0. The minimum Gasteiger partial charge on any atom is -0.493 e. The van der Waals surface area contributed by atoms with Gasteiger partial charge in [-0.05, 0) is 69.1 Å². The zero-order valence-electron chi connectivity index (χ0n) is 18.9. The molecule has 0 N–H and O–H groups in total. The van der Waals surface area contributed by atoms with Gasteiger partial charge in [0.05, 0.1) is 6.61 Å². The van der Waals surface area contributed by atoms with E-state index in [0.29, 0.717) is 29.9 Å². The zero-order chi connectivity index (χ0) is 21.5. The molecule has 3 fully saturated rings. The van der Waals surface area contributed by atoms with E-state index in [2.05, 4.69) is 4.90 Å². The summed E-state index contributed by atoms with van der Waals surface area (Å²) in [5, 5.41) is 0. The molecule has 0 unspecified atom stereocenters. The molecule has 2 amide bonds. The first-order valence-electron chi connectivity index (χ1n) is 12.5. The van der Waals surface area contributed by atoms with Gasteiger partial charge < -0.3 is 14.5 Å². The molecular formula is C26H38N2O3. The summed E-state index contributed by atoms with van der Waals surface area (Å²) in [6.07, 6.45) is 12.6. The van der Waals surface area contributed by atoms with Gasteiger partial charge >= 0.3 is 0 Å². The van der Waals surface area contributed by atoms with Crippen LogP contribution < -0.4 is 4.74 Å².